The van der Waals surface area contributed by atoms with Crippen molar-refractivity contribution >= 4 is 40.7 Å². The molecule has 1 aliphatic carbocycles. The fraction of sp³-hybridized carbons (Fsp3) is 0.556. The van der Waals surface area contributed by atoms with Gasteiger partial charge >= 0.3 is 11.8 Å². The number of rotatable bonds is 2. The third kappa shape index (κ3) is 4.87. The van der Waals surface area contributed by atoms with Crippen LogP contribution in [-0.4, -0.2) is 17.9 Å². The van der Waals surface area contributed by atoms with Crippen LogP contribution in [0.4, 0.5) is 5.69 Å². The summed E-state index contributed by atoms with van der Waals surface area (Å²) >= 11 is 11.9. The van der Waals surface area contributed by atoms with E-state index in [4.69, 9.17) is 23.2 Å². The van der Waals surface area contributed by atoms with Crippen molar-refractivity contribution in [1.82, 2.24) is 5.32 Å². The largest absolute Gasteiger partial charge is 0.345 e. The highest BCUT2D eigenvalue weighted by Gasteiger charge is 2.31. The molecule has 2 N–H and O–H groups in total. The molecule has 0 heterocycles. The fourth-order valence-corrected chi connectivity index (χ4v) is 3.48. The SMILES string of the molecule is CC(C)(C)C1CCC(NC(=O)C(=O)Nc2cccc(Cl)c2Cl)CC1. The van der Waals surface area contributed by atoms with Gasteiger partial charge in [-0.05, 0) is 49.1 Å². The van der Waals surface area contributed by atoms with E-state index in [1.54, 1.807) is 18.2 Å². The molecule has 0 aromatic heterocycles. The van der Waals surface area contributed by atoms with Gasteiger partial charge in [0.1, 0.15) is 0 Å². The molecule has 0 bridgehead atoms. The summed E-state index contributed by atoms with van der Waals surface area (Å²) in [5.74, 6) is -0.702. The van der Waals surface area contributed by atoms with Gasteiger partial charge in [0.05, 0.1) is 15.7 Å². The van der Waals surface area contributed by atoms with Crippen LogP contribution in [0.15, 0.2) is 18.2 Å². The van der Waals surface area contributed by atoms with Gasteiger partial charge in [0, 0.05) is 6.04 Å². The molecule has 0 aliphatic heterocycles. The highest BCUT2D eigenvalue weighted by atomic mass is 35.5. The van der Waals surface area contributed by atoms with Crippen molar-refractivity contribution in [3.63, 3.8) is 0 Å². The van der Waals surface area contributed by atoms with Crippen molar-refractivity contribution < 1.29 is 9.59 Å². The Morgan fingerprint density at radius 3 is 2.25 bits per heavy atom. The van der Waals surface area contributed by atoms with Gasteiger partial charge in [-0.2, -0.15) is 0 Å². The Kier molecular flexibility index (Phi) is 6.16. The van der Waals surface area contributed by atoms with Crippen molar-refractivity contribution in [3.05, 3.63) is 28.2 Å². The molecule has 1 aliphatic rings. The van der Waals surface area contributed by atoms with Crippen molar-refractivity contribution in [2.45, 2.75) is 52.5 Å². The molecule has 1 aromatic carbocycles. The molecular formula is C18H24Cl2N2O2. The molecule has 24 heavy (non-hydrogen) atoms. The number of anilines is 1. The van der Waals surface area contributed by atoms with E-state index in [0.29, 0.717) is 16.6 Å². The van der Waals surface area contributed by atoms with Crippen LogP contribution in [0.25, 0.3) is 0 Å². The maximum Gasteiger partial charge on any atom is 0.313 e. The summed E-state index contributed by atoms with van der Waals surface area (Å²) in [5, 5.41) is 5.88. The van der Waals surface area contributed by atoms with Crippen molar-refractivity contribution in [3.8, 4) is 0 Å². The maximum absolute atomic E-state index is 12.1. The normalized spacial score (nSPS) is 21.2. The first-order chi connectivity index (χ1) is 11.2. The Bertz CT molecular complexity index is 618. The van der Waals surface area contributed by atoms with Gasteiger partial charge in [-0.1, -0.05) is 50.0 Å². The molecule has 132 valence electrons. The Morgan fingerprint density at radius 2 is 1.67 bits per heavy atom. The second-order valence-corrected chi connectivity index (χ2v) is 8.23. The minimum absolute atomic E-state index is 0.0525. The number of benzene rings is 1. The quantitative estimate of drug-likeness (QED) is 0.744. The lowest BCUT2D eigenvalue weighted by Gasteiger charge is -2.37. The van der Waals surface area contributed by atoms with Crippen LogP contribution < -0.4 is 10.6 Å². The van der Waals surface area contributed by atoms with E-state index in [0.717, 1.165) is 25.7 Å². The standard InChI is InChI=1S/C18H24Cl2N2O2/c1-18(2,3)11-7-9-12(10-8-11)21-16(23)17(24)22-14-6-4-5-13(19)15(14)20/h4-6,11-12H,7-10H2,1-3H3,(H,21,23)(H,22,24). The minimum Gasteiger partial charge on any atom is -0.345 e. The Balaban J connectivity index is 1.87. The number of carbonyl (C=O) groups excluding carboxylic acids is 2. The number of nitrogens with one attached hydrogen (secondary N) is 2. The first kappa shape index (κ1) is 19.1. The Hall–Kier alpha value is -1.26. The second-order valence-electron chi connectivity index (χ2n) is 7.44. The van der Waals surface area contributed by atoms with Crippen molar-refractivity contribution in [2.24, 2.45) is 11.3 Å². The van der Waals surface area contributed by atoms with Crippen LogP contribution in [0.2, 0.25) is 10.0 Å². The highest BCUT2D eigenvalue weighted by molar-refractivity contribution is 6.45. The van der Waals surface area contributed by atoms with Crippen LogP contribution in [0, 0.1) is 11.3 Å². The third-order valence-electron chi connectivity index (χ3n) is 4.69. The number of hydrogen-bond donors (Lipinski definition) is 2. The molecule has 0 spiro atoms. The van der Waals surface area contributed by atoms with E-state index in [2.05, 4.69) is 31.4 Å². The predicted molar refractivity (Wildman–Crippen MR) is 98.4 cm³/mol. The van der Waals surface area contributed by atoms with Crippen LogP contribution in [0.1, 0.15) is 46.5 Å². The van der Waals surface area contributed by atoms with E-state index in [1.165, 1.54) is 0 Å². The van der Waals surface area contributed by atoms with Crippen LogP contribution in [-0.2, 0) is 9.59 Å². The molecule has 2 rings (SSSR count). The van der Waals surface area contributed by atoms with Crippen molar-refractivity contribution in [2.75, 3.05) is 5.32 Å². The third-order valence-corrected chi connectivity index (χ3v) is 5.51. The lowest BCUT2D eigenvalue weighted by atomic mass is 9.71. The van der Waals surface area contributed by atoms with E-state index in [9.17, 15) is 9.59 Å². The lowest BCUT2D eigenvalue weighted by molar-refractivity contribution is -0.136. The first-order valence-corrected chi connectivity index (χ1v) is 9.00. The number of hydrogen-bond acceptors (Lipinski definition) is 2. The average molecular weight is 371 g/mol. The summed E-state index contributed by atoms with van der Waals surface area (Å²) in [6.07, 6.45) is 3.93. The summed E-state index contributed by atoms with van der Waals surface area (Å²) in [4.78, 5) is 24.1. The van der Waals surface area contributed by atoms with Gasteiger partial charge in [0.25, 0.3) is 0 Å². The van der Waals surface area contributed by atoms with E-state index in [-0.39, 0.29) is 16.5 Å². The summed E-state index contributed by atoms with van der Waals surface area (Å²) in [5.41, 5.74) is 0.621. The Morgan fingerprint density at radius 1 is 1.04 bits per heavy atom. The monoisotopic (exact) mass is 370 g/mol. The van der Waals surface area contributed by atoms with Gasteiger partial charge in [0.15, 0.2) is 0 Å². The zero-order valence-electron chi connectivity index (χ0n) is 14.3. The summed E-state index contributed by atoms with van der Waals surface area (Å²) in [7, 11) is 0. The van der Waals surface area contributed by atoms with Gasteiger partial charge < -0.3 is 10.6 Å². The summed E-state index contributed by atoms with van der Waals surface area (Å²) in [6.45, 7) is 6.75. The molecule has 2 amide bonds. The van der Waals surface area contributed by atoms with Gasteiger partial charge in [-0.15, -0.1) is 0 Å². The average Bonchev–Trinajstić information content (AvgIpc) is 2.51. The molecule has 0 unspecified atom stereocenters. The molecule has 0 radical (unpaired) electrons. The van der Waals surface area contributed by atoms with Crippen LogP contribution in [0.3, 0.4) is 0 Å². The van der Waals surface area contributed by atoms with Crippen LogP contribution in [0.5, 0.6) is 0 Å². The molecule has 1 saturated carbocycles. The molecule has 1 fully saturated rings. The summed E-state index contributed by atoms with van der Waals surface area (Å²) in [6, 6.07) is 4.94. The Labute approximate surface area is 153 Å². The first-order valence-electron chi connectivity index (χ1n) is 8.24. The van der Waals surface area contributed by atoms with Crippen LogP contribution >= 0.6 is 23.2 Å². The zero-order valence-corrected chi connectivity index (χ0v) is 15.8. The zero-order chi connectivity index (χ0) is 17.9. The van der Waals surface area contributed by atoms with Crippen molar-refractivity contribution in [1.29, 1.82) is 0 Å². The summed E-state index contributed by atoms with van der Waals surface area (Å²) < 4.78 is 0. The molecule has 4 nitrogen and oxygen atoms in total. The molecule has 1 aromatic rings. The maximum atomic E-state index is 12.1. The minimum atomic E-state index is -0.725. The van der Waals surface area contributed by atoms with E-state index in [1.807, 2.05) is 0 Å². The van der Waals surface area contributed by atoms with Gasteiger partial charge in [0.2, 0.25) is 0 Å². The molecular weight excluding hydrogens is 347 g/mol. The molecule has 6 heteroatoms. The van der Waals surface area contributed by atoms with Gasteiger partial charge in [-0.25, -0.2) is 0 Å². The smallest absolute Gasteiger partial charge is 0.313 e. The lowest BCUT2D eigenvalue weighted by Crippen LogP contribution is -2.44. The highest BCUT2D eigenvalue weighted by Crippen LogP contribution is 2.37. The molecule has 0 saturated heterocycles. The molecule has 0 atom stereocenters. The predicted octanol–water partition coefficient (Wildman–Crippen LogP) is 4.65. The number of carbonyl (C=O) groups is 2. The number of halogens is 2. The topological polar surface area (TPSA) is 58.2 Å². The number of amides is 2. The fourth-order valence-electron chi connectivity index (χ4n) is 3.13. The van der Waals surface area contributed by atoms with Gasteiger partial charge in [-0.3, -0.25) is 9.59 Å². The second kappa shape index (κ2) is 7.75. The van der Waals surface area contributed by atoms with E-state index >= 15 is 0 Å². The van der Waals surface area contributed by atoms with E-state index < -0.39 is 11.8 Å².